The van der Waals surface area contributed by atoms with Gasteiger partial charge >= 0.3 is 0 Å². The van der Waals surface area contributed by atoms with Crippen LogP contribution in [0.4, 0.5) is 13.2 Å². The number of aryl methyl sites for hydroxylation is 2. The predicted octanol–water partition coefficient (Wildman–Crippen LogP) is 6.56. The Morgan fingerprint density at radius 3 is 2.37 bits per heavy atom. The summed E-state index contributed by atoms with van der Waals surface area (Å²) < 4.78 is 49.3. The van der Waals surface area contributed by atoms with Gasteiger partial charge in [-0.2, -0.15) is 0 Å². The Hall–Kier alpha value is -3.23. The molecular weight excluding hydrogens is 473 g/mol. The molecule has 4 aromatic rings. The molecule has 0 saturated carbocycles. The van der Waals surface area contributed by atoms with E-state index in [0.29, 0.717) is 46.2 Å². The number of nitrogens with zero attached hydrogens (tertiary/aromatic N) is 2. The van der Waals surface area contributed by atoms with Crippen LogP contribution in [0.25, 0.3) is 27.4 Å². The molecule has 0 amide bonds. The first-order chi connectivity index (χ1) is 16.8. The predicted molar refractivity (Wildman–Crippen MR) is 131 cm³/mol. The third kappa shape index (κ3) is 4.56. The summed E-state index contributed by atoms with van der Waals surface area (Å²) in [5.41, 5.74) is 2.94. The molecule has 0 radical (unpaired) electrons. The molecule has 3 heterocycles. The summed E-state index contributed by atoms with van der Waals surface area (Å²) in [7, 11) is 0. The third-order valence-electron chi connectivity index (χ3n) is 6.27. The van der Waals surface area contributed by atoms with E-state index < -0.39 is 11.6 Å². The van der Waals surface area contributed by atoms with Gasteiger partial charge in [-0.05, 0) is 68.1 Å². The number of thiazole rings is 1. The highest BCUT2D eigenvalue weighted by Crippen LogP contribution is 2.42. The van der Waals surface area contributed by atoms with Crippen LogP contribution in [0.5, 0.6) is 0 Å². The molecule has 8 heteroatoms. The molecule has 2 aromatic carbocycles. The van der Waals surface area contributed by atoms with Crippen molar-refractivity contribution in [3.63, 3.8) is 0 Å². The molecule has 1 aliphatic heterocycles. The van der Waals surface area contributed by atoms with E-state index >= 15 is 0 Å². The van der Waals surface area contributed by atoms with Crippen molar-refractivity contribution in [2.45, 2.75) is 32.6 Å². The van der Waals surface area contributed by atoms with Crippen LogP contribution in [0.3, 0.4) is 0 Å². The molecule has 4 nitrogen and oxygen atoms in total. The molecule has 0 bridgehead atoms. The highest BCUT2D eigenvalue weighted by molar-refractivity contribution is 7.15. The van der Waals surface area contributed by atoms with Crippen molar-refractivity contribution < 1.29 is 17.9 Å². The van der Waals surface area contributed by atoms with Crippen LogP contribution in [-0.4, -0.2) is 22.8 Å². The smallest absolute Gasteiger partial charge is 0.255 e. The van der Waals surface area contributed by atoms with E-state index in [0.717, 1.165) is 23.9 Å². The van der Waals surface area contributed by atoms with E-state index in [4.69, 9.17) is 9.72 Å². The molecule has 0 N–H and O–H groups in total. The molecule has 5 rings (SSSR count). The number of hydrogen-bond acceptors (Lipinski definition) is 4. The second kappa shape index (κ2) is 9.43. The SMILES string of the molecule is Cc1cc(F)cc(C)c1-n1cc(-c2nc(C3CCOCC3)sc2-c2ccc(F)cc2F)ccc1=O. The first-order valence-corrected chi connectivity index (χ1v) is 12.2. The molecule has 35 heavy (non-hydrogen) atoms. The van der Waals surface area contributed by atoms with E-state index in [9.17, 15) is 18.0 Å². The van der Waals surface area contributed by atoms with Gasteiger partial charge in [-0.3, -0.25) is 9.36 Å². The van der Waals surface area contributed by atoms with Gasteiger partial charge in [0.25, 0.3) is 5.56 Å². The van der Waals surface area contributed by atoms with Crippen LogP contribution in [0.1, 0.15) is 34.9 Å². The quantitative estimate of drug-likeness (QED) is 0.322. The van der Waals surface area contributed by atoms with Crippen LogP contribution in [0.2, 0.25) is 0 Å². The zero-order valence-electron chi connectivity index (χ0n) is 19.3. The number of ether oxygens (including phenoxy) is 1. The monoisotopic (exact) mass is 496 g/mol. The van der Waals surface area contributed by atoms with Crippen molar-refractivity contribution >= 4 is 11.3 Å². The van der Waals surface area contributed by atoms with Gasteiger partial charge < -0.3 is 4.74 Å². The van der Waals surface area contributed by atoms with Crippen molar-refractivity contribution in [2.75, 3.05) is 13.2 Å². The largest absolute Gasteiger partial charge is 0.381 e. The minimum Gasteiger partial charge on any atom is -0.381 e. The zero-order valence-corrected chi connectivity index (χ0v) is 20.1. The van der Waals surface area contributed by atoms with Crippen LogP contribution < -0.4 is 5.56 Å². The lowest BCUT2D eigenvalue weighted by atomic mass is 10.0. The summed E-state index contributed by atoms with van der Waals surface area (Å²) in [5.74, 6) is -1.52. The Labute approximate surface area is 204 Å². The average Bonchev–Trinajstić information content (AvgIpc) is 3.25. The van der Waals surface area contributed by atoms with Crippen LogP contribution in [0, 0.1) is 31.3 Å². The number of rotatable bonds is 4. The Balaban J connectivity index is 1.70. The average molecular weight is 497 g/mol. The normalized spacial score (nSPS) is 14.4. The van der Waals surface area contributed by atoms with Gasteiger partial charge in [-0.1, -0.05) is 0 Å². The molecule has 1 fully saturated rings. The van der Waals surface area contributed by atoms with Crippen molar-refractivity contribution in [2.24, 2.45) is 0 Å². The highest BCUT2D eigenvalue weighted by Gasteiger charge is 2.25. The number of hydrogen-bond donors (Lipinski definition) is 0. The van der Waals surface area contributed by atoms with Crippen molar-refractivity contribution in [3.8, 4) is 27.4 Å². The summed E-state index contributed by atoms with van der Waals surface area (Å²) >= 11 is 1.38. The number of halogens is 3. The Morgan fingerprint density at radius 2 is 1.69 bits per heavy atom. The molecule has 0 aliphatic carbocycles. The molecule has 1 aliphatic rings. The summed E-state index contributed by atoms with van der Waals surface area (Å²) in [6.45, 7) is 4.76. The van der Waals surface area contributed by atoms with Crippen LogP contribution in [0.15, 0.2) is 53.5 Å². The van der Waals surface area contributed by atoms with Crippen molar-refractivity contribution in [1.29, 1.82) is 0 Å². The topological polar surface area (TPSA) is 44.1 Å². The molecule has 180 valence electrons. The third-order valence-corrected chi connectivity index (χ3v) is 7.52. The standard InChI is InChI=1S/C27H23F3N2O2S/c1-15-11-20(29)12-16(2)25(15)32-14-18(3-6-23(32)33)24-26(21-5-4-19(28)13-22(21)30)35-27(31-24)17-7-9-34-10-8-17/h3-6,11-14,17H,7-10H2,1-2H3. The lowest BCUT2D eigenvalue weighted by Gasteiger charge is -2.19. The van der Waals surface area contributed by atoms with Crippen molar-refractivity contribution in [1.82, 2.24) is 9.55 Å². The van der Waals surface area contributed by atoms with Gasteiger partial charge in [-0.25, -0.2) is 18.2 Å². The van der Waals surface area contributed by atoms with Crippen LogP contribution in [-0.2, 0) is 4.74 Å². The first kappa shape index (κ1) is 23.5. The minimum absolute atomic E-state index is 0.178. The minimum atomic E-state index is -0.674. The lowest BCUT2D eigenvalue weighted by molar-refractivity contribution is 0.0853. The number of benzene rings is 2. The van der Waals surface area contributed by atoms with E-state index in [1.54, 1.807) is 26.1 Å². The Bertz CT molecular complexity index is 1450. The van der Waals surface area contributed by atoms with E-state index in [2.05, 4.69) is 0 Å². The summed E-state index contributed by atoms with van der Waals surface area (Å²) in [6, 6.07) is 9.34. The molecule has 0 spiro atoms. The van der Waals surface area contributed by atoms with Gasteiger partial charge in [0.1, 0.15) is 17.5 Å². The molecule has 1 saturated heterocycles. The van der Waals surface area contributed by atoms with E-state index in [1.165, 1.54) is 46.2 Å². The molecule has 0 unspecified atom stereocenters. The fraction of sp³-hybridized carbons (Fsp3) is 0.259. The van der Waals surface area contributed by atoms with Gasteiger partial charge in [0.05, 0.1) is 21.3 Å². The van der Waals surface area contributed by atoms with Crippen molar-refractivity contribution in [3.05, 3.63) is 92.6 Å². The fourth-order valence-corrected chi connectivity index (χ4v) is 5.88. The summed E-state index contributed by atoms with van der Waals surface area (Å²) in [6.07, 6.45) is 3.28. The lowest BCUT2D eigenvalue weighted by Crippen LogP contribution is -2.18. The van der Waals surface area contributed by atoms with Gasteiger partial charge in [0, 0.05) is 48.6 Å². The fourth-order valence-electron chi connectivity index (χ4n) is 4.59. The molecule has 0 atom stereocenters. The Kier molecular flexibility index (Phi) is 6.34. The summed E-state index contributed by atoms with van der Waals surface area (Å²) in [4.78, 5) is 18.3. The maximum absolute atomic E-state index is 14.9. The second-order valence-electron chi connectivity index (χ2n) is 8.75. The molecular formula is C27H23F3N2O2S. The van der Waals surface area contributed by atoms with E-state index in [1.807, 2.05) is 0 Å². The van der Waals surface area contributed by atoms with Gasteiger partial charge in [0.2, 0.25) is 0 Å². The maximum Gasteiger partial charge on any atom is 0.255 e. The number of pyridine rings is 1. The second-order valence-corrected chi connectivity index (χ2v) is 9.79. The first-order valence-electron chi connectivity index (χ1n) is 11.4. The Morgan fingerprint density at radius 1 is 0.971 bits per heavy atom. The van der Waals surface area contributed by atoms with E-state index in [-0.39, 0.29) is 22.9 Å². The maximum atomic E-state index is 14.9. The molecule has 2 aromatic heterocycles. The summed E-state index contributed by atoms with van der Waals surface area (Å²) in [5, 5.41) is 0.855. The zero-order chi connectivity index (χ0) is 24.7. The number of aromatic nitrogens is 2. The van der Waals surface area contributed by atoms with Gasteiger partial charge in [0.15, 0.2) is 0 Å². The van der Waals surface area contributed by atoms with Gasteiger partial charge in [-0.15, -0.1) is 11.3 Å². The van der Waals surface area contributed by atoms with Crippen LogP contribution >= 0.6 is 11.3 Å². The highest BCUT2D eigenvalue weighted by atomic mass is 32.1.